The number of hydrogen-bond donors (Lipinski definition) is 1. The Kier molecular flexibility index (Phi) is 30.9. The van der Waals surface area contributed by atoms with Gasteiger partial charge in [-0.2, -0.15) is 0 Å². The average molecular weight is 161 g/mol. The van der Waals surface area contributed by atoms with Crippen LogP contribution in [0.2, 0.25) is 0 Å². The van der Waals surface area contributed by atoms with Crippen molar-refractivity contribution in [3.63, 3.8) is 0 Å². The van der Waals surface area contributed by atoms with Gasteiger partial charge in [0, 0.05) is 6.61 Å². The zero-order valence-corrected chi connectivity index (χ0v) is 6.73. The van der Waals surface area contributed by atoms with E-state index >= 15 is 0 Å². The standard InChI is InChI=1S/C5H12O.2ClH/c1-2-3-4-5-6;;/h6H,2-5H2,1H3;2*1H. The number of aliphatic hydroxyl groups excluding tert-OH is 1. The molecule has 0 radical (unpaired) electrons. The van der Waals surface area contributed by atoms with Gasteiger partial charge in [-0.1, -0.05) is 19.8 Å². The molecule has 0 heterocycles. The second-order valence-electron chi connectivity index (χ2n) is 1.43. The van der Waals surface area contributed by atoms with Crippen molar-refractivity contribution < 1.29 is 5.11 Å². The predicted molar refractivity (Wildman–Crippen MR) is 41.1 cm³/mol. The first-order valence-electron chi connectivity index (χ1n) is 2.52. The summed E-state index contributed by atoms with van der Waals surface area (Å²) in [4.78, 5) is 0. The van der Waals surface area contributed by atoms with Crippen LogP contribution in [0.25, 0.3) is 0 Å². The summed E-state index contributed by atoms with van der Waals surface area (Å²) in [6.07, 6.45) is 3.33. The quantitative estimate of drug-likeness (QED) is 0.627. The molecule has 0 aromatic rings. The van der Waals surface area contributed by atoms with Crippen LogP contribution in [0, 0.1) is 0 Å². The zero-order valence-electron chi connectivity index (χ0n) is 5.09. The van der Waals surface area contributed by atoms with Crippen LogP contribution in [0.15, 0.2) is 0 Å². The molecule has 0 aromatic heterocycles. The molecule has 0 rings (SSSR count). The summed E-state index contributed by atoms with van der Waals surface area (Å²) in [5.74, 6) is 0. The Morgan fingerprint density at radius 2 is 1.62 bits per heavy atom. The fraction of sp³-hybridized carbons (Fsp3) is 1.00. The third-order valence-corrected chi connectivity index (χ3v) is 0.762. The molecule has 0 unspecified atom stereocenters. The maximum atomic E-state index is 8.20. The van der Waals surface area contributed by atoms with Gasteiger partial charge in [0.2, 0.25) is 0 Å². The topological polar surface area (TPSA) is 20.2 Å². The van der Waals surface area contributed by atoms with Gasteiger partial charge in [-0.3, -0.25) is 0 Å². The van der Waals surface area contributed by atoms with Gasteiger partial charge in [0.15, 0.2) is 0 Å². The molecule has 3 heteroatoms. The lowest BCUT2D eigenvalue weighted by molar-refractivity contribution is 0.284. The lowest BCUT2D eigenvalue weighted by atomic mass is 10.3. The van der Waals surface area contributed by atoms with Crippen LogP contribution in [-0.4, -0.2) is 11.7 Å². The molecule has 0 aromatic carbocycles. The maximum Gasteiger partial charge on any atom is 0.0431 e. The van der Waals surface area contributed by atoms with Crippen molar-refractivity contribution in [3.05, 3.63) is 0 Å². The molecule has 0 spiro atoms. The van der Waals surface area contributed by atoms with Gasteiger partial charge in [0.1, 0.15) is 0 Å². The minimum atomic E-state index is 0. The summed E-state index contributed by atoms with van der Waals surface area (Å²) in [7, 11) is 0. The number of rotatable bonds is 3. The Morgan fingerprint density at radius 3 is 1.75 bits per heavy atom. The van der Waals surface area contributed by atoms with Gasteiger partial charge in [0.05, 0.1) is 0 Å². The number of unbranched alkanes of at least 4 members (excludes halogenated alkanes) is 2. The highest BCUT2D eigenvalue weighted by Gasteiger charge is 1.76. The van der Waals surface area contributed by atoms with Gasteiger partial charge in [0.25, 0.3) is 0 Å². The summed E-state index contributed by atoms with van der Waals surface area (Å²) in [6.45, 7) is 2.48. The highest BCUT2D eigenvalue weighted by Crippen LogP contribution is 1.89. The molecule has 0 amide bonds. The smallest absolute Gasteiger partial charge is 0.0431 e. The van der Waals surface area contributed by atoms with E-state index in [0.29, 0.717) is 6.61 Å². The fourth-order valence-electron chi connectivity index (χ4n) is 0.362. The van der Waals surface area contributed by atoms with Crippen molar-refractivity contribution in [2.75, 3.05) is 6.61 Å². The molecule has 0 aliphatic carbocycles. The van der Waals surface area contributed by atoms with Crippen molar-refractivity contribution in [2.45, 2.75) is 26.2 Å². The molecule has 54 valence electrons. The molecule has 0 aliphatic heterocycles. The Bertz CT molecular complexity index is 22.4. The lowest BCUT2D eigenvalue weighted by Gasteiger charge is -1.85. The Labute approximate surface area is 63.3 Å². The first-order chi connectivity index (χ1) is 2.91. The van der Waals surface area contributed by atoms with E-state index in [1.165, 1.54) is 6.42 Å². The second kappa shape index (κ2) is 15.6. The van der Waals surface area contributed by atoms with Crippen LogP contribution in [0.1, 0.15) is 26.2 Å². The Hall–Kier alpha value is 0.540. The molecular weight excluding hydrogens is 147 g/mol. The lowest BCUT2D eigenvalue weighted by Crippen LogP contribution is -1.78. The molecule has 1 N–H and O–H groups in total. The second-order valence-corrected chi connectivity index (χ2v) is 1.43. The monoisotopic (exact) mass is 160 g/mol. The van der Waals surface area contributed by atoms with Crippen LogP contribution < -0.4 is 0 Å². The van der Waals surface area contributed by atoms with Gasteiger partial charge in [-0.25, -0.2) is 0 Å². The van der Waals surface area contributed by atoms with Gasteiger partial charge >= 0.3 is 0 Å². The van der Waals surface area contributed by atoms with Crippen LogP contribution in [0.5, 0.6) is 0 Å². The molecule has 1 nitrogen and oxygen atoms in total. The van der Waals surface area contributed by atoms with Gasteiger partial charge in [-0.15, -0.1) is 24.8 Å². The van der Waals surface area contributed by atoms with Crippen LogP contribution in [-0.2, 0) is 0 Å². The molecule has 0 aliphatic rings. The molecule has 0 bridgehead atoms. The predicted octanol–water partition coefficient (Wildman–Crippen LogP) is 2.01. The van der Waals surface area contributed by atoms with Crippen molar-refractivity contribution in [3.8, 4) is 0 Å². The van der Waals surface area contributed by atoms with Crippen molar-refractivity contribution in [1.29, 1.82) is 0 Å². The van der Waals surface area contributed by atoms with Crippen LogP contribution >= 0.6 is 24.8 Å². The fourth-order valence-corrected chi connectivity index (χ4v) is 0.362. The van der Waals surface area contributed by atoms with Gasteiger partial charge < -0.3 is 5.11 Å². The van der Waals surface area contributed by atoms with Gasteiger partial charge in [-0.05, 0) is 6.42 Å². The van der Waals surface area contributed by atoms with E-state index in [1.807, 2.05) is 0 Å². The highest BCUT2D eigenvalue weighted by atomic mass is 35.5. The Balaban J connectivity index is -0.000000125. The highest BCUT2D eigenvalue weighted by molar-refractivity contribution is 5.85. The maximum absolute atomic E-state index is 8.20. The average Bonchev–Trinajstić information content (AvgIpc) is 1.61. The largest absolute Gasteiger partial charge is 0.396 e. The van der Waals surface area contributed by atoms with Crippen molar-refractivity contribution in [1.82, 2.24) is 0 Å². The summed E-state index contributed by atoms with van der Waals surface area (Å²) in [5.41, 5.74) is 0. The minimum absolute atomic E-state index is 0. The van der Waals surface area contributed by atoms with E-state index in [9.17, 15) is 0 Å². The summed E-state index contributed by atoms with van der Waals surface area (Å²) in [6, 6.07) is 0. The van der Waals surface area contributed by atoms with E-state index < -0.39 is 0 Å². The molecular formula is C5H14Cl2O. The summed E-state index contributed by atoms with van der Waals surface area (Å²) in [5, 5.41) is 8.20. The normalized spacial score (nSPS) is 6.75. The van der Waals surface area contributed by atoms with Crippen LogP contribution in [0.3, 0.4) is 0 Å². The van der Waals surface area contributed by atoms with E-state index in [2.05, 4.69) is 6.92 Å². The van der Waals surface area contributed by atoms with Crippen molar-refractivity contribution >= 4 is 24.8 Å². The summed E-state index contributed by atoms with van der Waals surface area (Å²) < 4.78 is 0. The first kappa shape index (κ1) is 15.8. The molecule has 8 heavy (non-hydrogen) atoms. The number of hydrogen-bond acceptors (Lipinski definition) is 1. The third-order valence-electron chi connectivity index (χ3n) is 0.762. The van der Waals surface area contributed by atoms with Crippen molar-refractivity contribution in [2.24, 2.45) is 0 Å². The molecule has 0 atom stereocenters. The summed E-state index contributed by atoms with van der Waals surface area (Å²) >= 11 is 0. The zero-order chi connectivity index (χ0) is 4.83. The van der Waals surface area contributed by atoms with E-state index in [1.54, 1.807) is 0 Å². The molecule has 0 fully saturated rings. The van der Waals surface area contributed by atoms with E-state index in [-0.39, 0.29) is 24.8 Å². The van der Waals surface area contributed by atoms with Crippen LogP contribution in [0.4, 0.5) is 0 Å². The first-order valence-corrected chi connectivity index (χ1v) is 2.52. The van der Waals surface area contributed by atoms with E-state index in [0.717, 1.165) is 12.8 Å². The molecule has 0 saturated heterocycles. The SMILES string of the molecule is CCCCCO.Cl.Cl. The third kappa shape index (κ3) is 16.0. The number of aliphatic hydroxyl groups is 1. The van der Waals surface area contributed by atoms with E-state index in [4.69, 9.17) is 5.11 Å². The minimum Gasteiger partial charge on any atom is -0.396 e. The number of halogens is 2. The molecule has 0 saturated carbocycles. The Morgan fingerprint density at radius 1 is 1.12 bits per heavy atom.